The molecule has 7 heteroatoms. The maximum atomic E-state index is 12.9. The van der Waals surface area contributed by atoms with Gasteiger partial charge in [-0.1, -0.05) is 24.3 Å². The van der Waals surface area contributed by atoms with Crippen LogP contribution in [0.1, 0.15) is 18.9 Å². The van der Waals surface area contributed by atoms with Gasteiger partial charge in [-0.15, -0.1) is 0 Å². The number of benzene rings is 2. The predicted molar refractivity (Wildman–Crippen MR) is 119 cm³/mol. The van der Waals surface area contributed by atoms with Crippen LogP contribution in [0.25, 0.3) is 10.9 Å². The topological polar surface area (TPSA) is 71.8 Å². The zero-order chi connectivity index (χ0) is 20.6. The van der Waals surface area contributed by atoms with Gasteiger partial charge in [0.2, 0.25) is 5.95 Å². The summed E-state index contributed by atoms with van der Waals surface area (Å²) < 4.78 is 7.02. The van der Waals surface area contributed by atoms with Gasteiger partial charge in [0.1, 0.15) is 0 Å². The molecule has 0 aliphatic carbocycles. The molecule has 1 heterocycles. The molecule has 1 N–H and O–H groups in total. The Labute approximate surface area is 170 Å². The minimum atomic E-state index is -0.0832. The van der Waals surface area contributed by atoms with Gasteiger partial charge >= 0.3 is 0 Å². The van der Waals surface area contributed by atoms with E-state index in [0.29, 0.717) is 36.6 Å². The molecule has 152 valence electrons. The number of hydrogen-bond acceptors (Lipinski definition) is 6. The van der Waals surface area contributed by atoms with Crippen molar-refractivity contribution in [1.82, 2.24) is 9.55 Å². The Kier molecular flexibility index (Phi) is 6.97. The van der Waals surface area contributed by atoms with Crippen LogP contribution in [-0.4, -0.2) is 43.1 Å². The van der Waals surface area contributed by atoms with Gasteiger partial charge in [-0.25, -0.2) is 10.4 Å². The van der Waals surface area contributed by atoms with Gasteiger partial charge in [0.25, 0.3) is 5.56 Å². The van der Waals surface area contributed by atoms with Gasteiger partial charge < -0.3 is 9.64 Å². The van der Waals surface area contributed by atoms with E-state index in [-0.39, 0.29) is 5.56 Å². The average molecular weight is 393 g/mol. The molecular formula is C22H27N5O2. The van der Waals surface area contributed by atoms with Crippen molar-refractivity contribution in [3.8, 4) is 0 Å². The molecule has 0 atom stereocenters. The molecule has 3 rings (SSSR count). The number of fused-ring (bicyclic) bond motifs is 1. The molecule has 1 aromatic heterocycles. The van der Waals surface area contributed by atoms with Crippen molar-refractivity contribution in [2.75, 3.05) is 37.6 Å². The second-order valence-electron chi connectivity index (χ2n) is 6.82. The Bertz CT molecular complexity index is 1030. The maximum absolute atomic E-state index is 12.9. The van der Waals surface area contributed by atoms with E-state index in [1.807, 2.05) is 68.4 Å². The van der Waals surface area contributed by atoms with Gasteiger partial charge in [-0.05, 0) is 43.2 Å². The van der Waals surface area contributed by atoms with Crippen molar-refractivity contribution in [3.63, 3.8) is 0 Å². The van der Waals surface area contributed by atoms with Gasteiger partial charge in [0, 0.05) is 39.5 Å². The summed E-state index contributed by atoms with van der Waals surface area (Å²) in [6.07, 6.45) is 2.43. The molecule has 29 heavy (non-hydrogen) atoms. The number of nitrogens with one attached hydrogen (secondary N) is 1. The molecule has 0 aliphatic rings. The summed E-state index contributed by atoms with van der Waals surface area (Å²) in [4.78, 5) is 19.6. The first-order chi connectivity index (χ1) is 14.1. The summed E-state index contributed by atoms with van der Waals surface area (Å²) in [5.41, 5.74) is 5.58. The monoisotopic (exact) mass is 393 g/mol. The third kappa shape index (κ3) is 5.20. The van der Waals surface area contributed by atoms with Crippen LogP contribution in [0.4, 0.5) is 11.6 Å². The molecular weight excluding hydrogens is 366 g/mol. The Hall–Kier alpha value is -3.19. The molecule has 0 saturated heterocycles. The third-order valence-electron chi connectivity index (χ3n) is 4.52. The minimum Gasteiger partial charge on any atom is -0.382 e. The van der Waals surface area contributed by atoms with E-state index in [9.17, 15) is 4.79 Å². The van der Waals surface area contributed by atoms with Crippen LogP contribution < -0.4 is 15.9 Å². The van der Waals surface area contributed by atoms with Crippen molar-refractivity contribution in [3.05, 3.63) is 64.4 Å². The van der Waals surface area contributed by atoms with E-state index in [2.05, 4.69) is 15.5 Å². The van der Waals surface area contributed by atoms with Crippen molar-refractivity contribution < 1.29 is 4.74 Å². The Morgan fingerprint density at radius 1 is 1.17 bits per heavy atom. The predicted octanol–water partition coefficient (Wildman–Crippen LogP) is 3.34. The lowest BCUT2D eigenvalue weighted by Gasteiger charge is -2.13. The van der Waals surface area contributed by atoms with E-state index in [0.717, 1.165) is 17.7 Å². The van der Waals surface area contributed by atoms with Crippen molar-refractivity contribution >= 4 is 28.8 Å². The zero-order valence-corrected chi connectivity index (χ0v) is 17.1. The van der Waals surface area contributed by atoms with E-state index in [1.165, 1.54) is 0 Å². The van der Waals surface area contributed by atoms with Crippen molar-refractivity contribution in [2.45, 2.75) is 19.9 Å². The first-order valence-corrected chi connectivity index (χ1v) is 9.74. The number of ether oxygens (including phenoxy) is 1. The molecule has 0 bridgehead atoms. The fourth-order valence-electron chi connectivity index (χ4n) is 2.95. The van der Waals surface area contributed by atoms with Gasteiger partial charge in [-0.2, -0.15) is 5.10 Å². The molecule has 0 unspecified atom stereocenters. The lowest BCUT2D eigenvalue weighted by molar-refractivity contribution is 0.141. The summed E-state index contributed by atoms with van der Waals surface area (Å²) in [5, 5.41) is 4.89. The third-order valence-corrected chi connectivity index (χ3v) is 4.52. The number of hydrogen-bond donors (Lipinski definition) is 1. The summed E-state index contributed by atoms with van der Waals surface area (Å²) in [6.45, 7) is 3.71. The molecule has 2 aromatic carbocycles. The number of para-hydroxylation sites is 1. The largest absolute Gasteiger partial charge is 0.382 e. The van der Waals surface area contributed by atoms with E-state index >= 15 is 0 Å². The summed E-state index contributed by atoms with van der Waals surface area (Å²) in [7, 11) is 4.00. The Morgan fingerprint density at radius 3 is 2.66 bits per heavy atom. The lowest BCUT2D eigenvalue weighted by Crippen LogP contribution is -2.25. The van der Waals surface area contributed by atoms with Crippen LogP contribution in [0, 0.1) is 0 Å². The zero-order valence-electron chi connectivity index (χ0n) is 17.1. The van der Waals surface area contributed by atoms with Crippen LogP contribution >= 0.6 is 0 Å². The average Bonchev–Trinajstić information content (AvgIpc) is 2.73. The summed E-state index contributed by atoms with van der Waals surface area (Å²) in [5.74, 6) is 0.423. The molecule has 0 fully saturated rings. The van der Waals surface area contributed by atoms with Crippen molar-refractivity contribution in [1.29, 1.82) is 0 Å². The number of rotatable bonds is 9. The van der Waals surface area contributed by atoms with Crippen LogP contribution in [0.5, 0.6) is 0 Å². The Balaban J connectivity index is 1.83. The Morgan fingerprint density at radius 2 is 1.93 bits per heavy atom. The molecule has 0 spiro atoms. The highest BCUT2D eigenvalue weighted by molar-refractivity contribution is 5.81. The van der Waals surface area contributed by atoms with Gasteiger partial charge in [0.05, 0.1) is 17.1 Å². The SMILES string of the molecule is CCOCCCn1c(N/N=C\c2ccc(N(C)C)cc2)nc2ccccc2c1=O. The second-order valence-corrected chi connectivity index (χ2v) is 6.82. The number of anilines is 2. The normalized spacial score (nSPS) is 11.3. The van der Waals surface area contributed by atoms with Gasteiger partial charge in [0.15, 0.2) is 0 Å². The van der Waals surface area contributed by atoms with E-state index in [1.54, 1.807) is 16.8 Å². The smallest absolute Gasteiger partial charge is 0.262 e. The van der Waals surface area contributed by atoms with Crippen molar-refractivity contribution in [2.24, 2.45) is 5.10 Å². The number of hydrazone groups is 1. The molecule has 0 aliphatic heterocycles. The molecule has 3 aromatic rings. The minimum absolute atomic E-state index is 0.0832. The highest BCUT2D eigenvalue weighted by Gasteiger charge is 2.10. The van der Waals surface area contributed by atoms with Crippen LogP contribution in [0.15, 0.2) is 58.4 Å². The summed E-state index contributed by atoms with van der Waals surface area (Å²) >= 11 is 0. The number of nitrogens with zero attached hydrogens (tertiary/aromatic N) is 4. The lowest BCUT2D eigenvalue weighted by atomic mass is 10.2. The molecule has 0 radical (unpaired) electrons. The fraction of sp³-hybridized carbons (Fsp3) is 0.318. The first-order valence-electron chi connectivity index (χ1n) is 9.74. The quantitative estimate of drug-likeness (QED) is 0.343. The molecule has 7 nitrogen and oxygen atoms in total. The van der Waals surface area contributed by atoms with E-state index in [4.69, 9.17) is 4.74 Å². The molecule has 0 amide bonds. The first kappa shape index (κ1) is 20.5. The van der Waals surface area contributed by atoms with Crippen LogP contribution in [0.2, 0.25) is 0 Å². The summed E-state index contributed by atoms with van der Waals surface area (Å²) in [6, 6.07) is 15.4. The van der Waals surface area contributed by atoms with Crippen LogP contribution in [0.3, 0.4) is 0 Å². The van der Waals surface area contributed by atoms with E-state index < -0.39 is 0 Å². The maximum Gasteiger partial charge on any atom is 0.262 e. The van der Waals surface area contributed by atoms with Crippen LogP contribution in [-0.2, 0) is 11.3 Å². The fourth-order valence-corrected chi connectivity index (χ4v) is 2.95. The highest BCUT2D eigenvalue weighted by atomic mass is 16.5. The molecule has 0 saturated carbocycles. The standard InChI is InChI=1S/C22H27N5O2/c1-4-29-15-7-14-27-21(28)19-8-5-6-9-20(19)24-22(27)25-23-16-17-10-12-18(13-11-17)26(2)3/h5-6,8-13,16H,4,7,14-15H2,1-3H3,(H,24,25)/b23-16-. The number of aromatic nitrogens is 2. The second kappa shape index (κ2) is 9.84. The van der Waals surface area contributed by atoms with Gasteiger partial charge in [-0.3, -0.25) is 9.36 Å². The highest BCUT2D eigenvalue weighted by Crippen LogP contribution is 2.13.